The fraction of sp³-hybridized carbons (Fsp3) is 0.850. The van der Waals surface area contributed by atoms with E-state index in [-0.39, 0.29) is 5.92 Å². The molecule has 0 spiro atoms. The Hall–Kier alpha value is -1.47. The first-order valence-electron chi connectivity index (χ1n) is 10.8. The van der Waals surface area contributed by atoms with Crippen molar-refractivity contribution in [2.75, 3.05) is 26.2 Å². The maximum absolute atomic E-state index is 12.7. The third-order valence-electron chi connectivity index (χ3n) is 6.68. The van der Waals surface area contributed by atoms with Crippen LogP contribution in [0.25, 0.3) is 0 Å². The lowest BCUT2D eigenvalue weighted by Gasteiger charge is -2.35. The summed E-state index contributed by atoms with van der Waals surface area (Å²) >= 11 is 0. The topological polar surface area (TPSA) is 80.3 Å². The third kappa shape index (κ3) is 4.04. The molecule has 2 aliphatic heterocycles. The van der Waals surface area contributed by atoms with Crippen LogP contribution in [0, 0.1) is 5.92 Å². The monoisotopic (exact) mass is 374 g/mol. The lowest BCUT2D eigenvalue weighted by Crippen LogP contribution is -2.44. The smallest absolute Gasteiger partial charge is 0.225 e. The maximum atomic E-state index is 12.7. The van der Waals surface area contributed by atoms with Crippen molar-refractivity contribution in [1.29, 1.82) is 0 Å². The number of nitrogens with zero attached hydrogens (tertiary/aromatic N) is 5. The molecule has 2 N–H and O–H groups in total. The Labute approximate surface area is 162 Å². The van der Waals surface area contributed by atoms with Crippen LogP contribution in [0.3, 0.4) is 0 Å². The molecular weight excluding hydrogens is 340 g/mol. The van der Waals surface area contributed by atoms with Gasteiger partial charge in [-0.3, -0.25) is 9.69 Å². The highest BCUT2D eigenvalue weighted by Gasteiger charge is 2.33. The first kappa shape index (κ1) is 18.9. The van der Waals surface area contributed by atoms with Gasteiger partial charge in [0.1, 0.15) is 11.6 Å². The molecule has 0 aromatic carbocycles. The molecule has 3 heterocycles. The van der Waals surface area contributed by atoms with E-state index in [2.05, 4.69) is 31.5 Å². The highest BCUT2D eigenvalue weighted by Crippen LogP contribution is 2.35. The van der Waals surface area contributed by atoms with E-state index in [0.29, 0.717) is 17.9 Å². The van der Waals surface area contributed by atoms with Gasteiger partial charge in [-0.05, 0) is 65.0 Å². The first-order chi connectivity index (χ1) is 13.2. The number of hydrogen-bond acceptors (Lipinski definition) is 5. The maximum Gasteiger partial charge on any atom is 0.225 e. The van der Waals surface area contributed by atoms with Gasteiger partial charge in [0.25, 0.3) is 0 Å². The highest BCUT2D eigenvalue weighted by atomic mass is 16.2. The number of nitrogens with two attached hydrogens (primary N) is 1. The molecule has 150 valence electrons. The fourth-order valence-corrected chi connectivity index (χ4v) is 4.90. The van der Waals surface area contributed by atoms with Crippen molar-refractivity contribution in [2.45, 2.75) is 76.9 Å². The van der Waals surface area contributed by atoms with E-state index < -0.39 is 0 Å². The lowest BCUT2D eigenvalue weighted by atomic mass is 9.80. The van der Waals surface area contributed by atoms with Crippen LogP contribution in [-0.4, -0.2) is 62.7 Å². The second-order valence-electron chi connectivity index (χ2n) is 8.58. The van der Waals surface area contributed by atoms with Crippen molar-refractivity contribution in [1.82, 2.24) is 24.6 Å². The molecule has 0 atom stereocenters. The summed E-state index contributed by atoms with van der Waals surface area (Å²) in [7, 11) is 0. The minimum absolute atomic E-state index is 0.218. The molecule has 27 heavy (non-hydrogen) atoms. The van der Waals surface area contributed by atoms with Crippen molar-refractivity contribution in [3.63, 3.8) is 0 Å². The van der Waals surface area contributed by atoms with Crippen LogP contribution in [0.15, 0.2) is 0 Å². The van der Waals surface area contributed by atoms with E-state index >= 15 is 0 Å². The zero-order valence-corrected chi connectivity index (χ0v) is 16.6. The molecule has 0 bridgehead atoms. The number of amides is 1. The quantitative estimate of drug-likeness (QED) is 0.849. The molecule has 1 aliphatic carbocycles. The Morgan fingerprint density at radius 1 is 1.07 bits per heavy atom. The molecular formula is C20H34N6O. The number of piperidine rings is 2. The Morgan fingerprint density at radius 2 is 1.78 bits per heavy atom. The molecule has 0 radical (unpaired) electrons. The molecule has 0 unspecified atom stereocenters. The molecule has 3 aliphatic rings. The van der Waals surface area contributed by atoms with Gasteiger partial charge in [0.05, 0.1) is 6.54 Å². The Balaban J connectivity index is 1.31. The number of carbonyl (C=O) groups is 1. The summed E-state index contributed by atoms with van der Waals surface area (Å²) in [5.41, 5.74) is 5.95. The SMILES string of the molecule is CCn1c(CN2CCC(C(=O)N3CCCCC3)CC2)nnc1C1CC(N)C1. The summed E-state index contributed by atoms with van der Waals surface area (Å²) in [4.78, 5) is 17.3. The average molecular weight is 375 g/mol. The van der Waals surface area contributed by atoms with E-state index in [0.717, 1.165) is 76.6 Å². The van der Waals surface area contributed by atoms with E-state index in [1.54, 1.807) is 0 Å². The van der Waals surface area contributed by atoms with Crippen LogP contribution < -0.4 is 5.73 Å². The normalized spacial score (nSPS) is 27.6. The van der Waals surface area contributed by atoms with Gasteiger partial charge in [0.2, 0.25) is 5.91 Å². The Morgan fingerprint density at radius 3 is 2.41 bits per heavy atom. The van der Waals surface area contributed by atoms with Gasteiger partial charge >= 0.3 is 0 Å². The van der Waals surface area contributed by atoms with E-state index in [9.17, 15) is 4.79 Å². The number of likely N-dealkylation sites (tertiary alicyclic amines) is 2. The van der Waals surface area contributed by atoms with E-state index in [1.165, 1.54) is 19.3 Å². The number of hydrogen-bond donors (Lipinski definition) is 1. The summed E-state index contributed by atoms with van der Waals surface area (Å²) in [5, 5.41) is 8.98. The summed E-state index contributed by atoms with van der Waals surface area (Å²) < 4.78 is 2.28. The number of rotatable bonds is 5. The van der Waals surface area contributed by atoms with Gasteiger partial charge in [-0.2, -0.15) is 0 Å². The molecule has 7 heteroatoms. The largest absolute Gasteiger partial charge is 0.342 e. The van der Waals surface area contributed by atoms with Crippen LogP contribution >= 0.6 is 0 Å². The molecule has 2 saturated heterocycles. The first-order valence-corrected chi connectivity index (χ1v) is 10.8. The van der Waals surface area contributed by atoms with E-state index in [1.807, 2.05) is 0 Å². The zero-order chi connectivity index (χ0) is 18.8. The zero-order valence-electron chi connectivity index (χ0n) is 16.6. The van der Waals surface area contributed by atoms with Crippen molar-refractivity contribution < 1.29 is 4.79 Å². The lowest BCUT2D eigenvalue weighted by molar-refractivity contribution is -0.138. The van der Waals surface area contributed by atoms with Gasteiger partial charge < -0.3 is 15.2 Å². The van der Waals surface area contributed by atoms with Crippen molar-refractivity contribution in [3.8, 4) is 0 Å². The van der Waals surface area contributed by atoms with Crippen molar-refractivity contribution in [3.05, 3.63) is 11.6 Å². The molecule has 1 saturated carbocycles. The fourth-order valence-electron chi connectivity index (χ4n) is 4.90. The van der Waals surface area contributed by atoms with Gasteiger partial charge in [-0.15, -0.1) is 10.2 Å². The second-order valence-corrected chi connectivity index (χ2v) is 8.58. The molecule has 7 nitrogen and oxygen atoms in total. The standard InChI is InChI=1S/C20H34N6O/c1-2-26-18(22-23-19(26)16-12-17(21)13-16)14-24-10-6-15(7-11-24)20(27)25-8-4-3-5-9-25/h15-17H,2-14,21H2,1H3. The van der Waals surface area contributed by atoms with Crippen LogP contribution in [-0.2, 0) is 17.9 Å². The molecule has 4 rings (SSSR count). The van der Waals surface area contributed by atoms with Crippen LogP contribution in [0.2, 0.25) is 0 Å². The molecule has 1 aromatic heterocycles. The van der Waals surface area contributed by atoms with Crippen molar-refractivity contribution >= 4 is 5.91 Å². The summed E-state index contributed by atoms with van der Waals surface area (Å²) in [6.07, 6.45) is 7.62. The van der Waals surface area contributed by atoms with Crippen LogP contribution in [0.1, 0.15) is 69.4 Å². The van der Waals surface area contributed by atoms with Crippen LogP contribution in [0.4, 0.5) is 0 Å². The molecule has 1 aromatic rings. The molecule has 3 fully saturated rings. The Bertz CT molecular complexity index is 639. The number of aromatic nitrogens is 3. The predicted octanol–water partition coefficient (Wildman–Crippen LogP) is 1.73. The minimum atomic E-state index is 0.218. The van der Waals surface area contributed by atoms with Gasteiger partial charge in [-0.1, -0.05) is 0 Å². The third-order valence-corrected chi connectivity index (χ3v) is 6.68. The van der Waals surface area contributed by atoms with Gasteiger partial charge in [-0.25, -0.2) is 0 Å². The highest BCUT2D eigenvalue weighted by molar-refractivity contribution is 5.79. The van der Waals surface area contributed by atoms with Crippen LogP contribution in [0.5, 0.6) is 0 Å². The summed E-state index contributed by atoms with van der Waals surface area (Å²) in [5.74, 6) is 3.28. The Kier molecular flexibility index (Phi) is 5.78. The van der Waals surface area contributed by atoms with E-state index in [4.69, 9.17) is 5.73 Å². The number of carbonyl (C=O) groups excluding carboxylic acids is 1. The minimum Gasteiger partial charge on any atom is -0.342 e. The predicted molar refractivity (Wildman–Crippen MR) is 104 cm³/mol. The molecule has 1 amide bonds. The average Bonchev–Trinajstić information content (AvgIpc) is 3.08. The summed E-state index contributed by atoms with van der Waals surface area (Å²) in [6, 6.07) is 0.330. The van der Waals surface area contributed by atoms with Gasteiger partial charge in [0.15, 0.2) is 0 Å². The van der Waals surface area contributed by atoms with Crippen molar-refractivity contribution in [2.24, 2.45) is 11.7 Å². The second kappa shape index (κ2) is 8.27. The van der Waals surface area contributed by atoms with Gasteiger partial charge in [0, 0.05) is 37.5 Å². The summed E-state index contributed by atoms with van der Waals surface area (Å²) in [6.45, 7) is 7.80.